The molecule has 0 spiro atoms. The summed E-state index contributed by atoms with van der Waals surface area (Å²) in [6.07, 6.45) is 16.0. The number of nitrogens with zero attached hydrogens (tertiary/aromatic N) is 1. The Labute approximate surface area is 148 Å². The molecule has 0 saturated heterocycles. The van der Waals surface area contributed by atoms with Crippen LogP contribution >= 0.6 is 11.9 Å². The van der Waals surface area contributed by atoms with Crippen LogP contribution in [0.15, 0.2) is 76.2 Å². The van der Waals surface area contributed by atoms with Gasteiger partial charge in [-0.2, -0.15) is 0 Å². The molecule has 0 aromatic heterocycles. The van der Waals surface area contributed by atoms with E-state index in [1.165, 1.54) is 11.9 Å². The van der Waals surface area contributed by atoms with E-state index in [0.29, 0.717) is 12.2 Å². The molecule has 1 unspecified atom stereocenters. The van der Waals surface area contributed by atoms with E-state index in [4.69, 9.17) is 12.2 Å². The van der Waals surface area contributed by atoms with Gasteiger partial charge < -0.3 is 11.1 Å². The molecule has 1 aliphatic rings. The van der Waals surface area contributed by atoms with Gasteiger partial charge in [-0.3, -0.25) is 0 Å². The van der Waals surface area contributed by atoms with E-state index in [1.54, 1.807) is 6.21 Å². The lowest BCUT2D eigenvalue weighted by molar-refractivity contribution is 0.690. The SMILES string of the molecule is C#CCNC(=C)C1C=CC(SN=CC=C(N)c2ccccc2)=CC1. The van der Waals surface area contributed by atoms with Gasteiger partial charge in [0.1, 0.15) is 0 Å². The average molecular weight is 335 g/mol. The first-order valence-electron chi connectivity index (χ1n) is 7.66. The lowest BCUT2D eigenvalue weighted by Crippen LogP contribution is -2.19. The lowest BCUT2D eigenvalue weighted by Gasteiger charge is -2.18. The Hall–Kier alpha value is -2.64. The van der Waals surface area contributed by atoms with Gasteiger partial charge in [0.2, 0.25) is 0 Å². The molecule has 1 aromatic carbocycles. The zero-order valence-electron chi connectivity index (χ0n) is 13.5. The molecule has 3 N–H and O–H groups in total. The molecular formula is C20H21N3S. The predicted octanol–water partition coefficient (Wildman–Crippen LogP) is 3.90. The van der Waals surface area contributed by atoms with Gasteiger partial charge in [-0.25, -0.2) is 4.40 Å². The molecule has 0 radical (unpaired) electrons. The number of nitrogens with two attached hydrogens (primary N) is 1. The Balaban J connectivity index is 1.82. The van der Waals surface area contributed by atoms with Crippen LogP contribution in [-0.4, -0.2) is 12.8 Å². The normalized spacial score (nSPS) is 17.4. The van der Waals surface area contributed by atoms with Gasteiger partial charge >= 0.3 is 0 Å². The van der Waals surface area contributed by atoms with Crippen molar-refractivity contribution in [3.63, 3.8) is 0 Å². The van der Waals surface area contributed by atoms with E-state index < -0.39 is 0 Å². The molecule has 0 bridgehead atoms. The third-order valence-electron chi connectivity index (χ3n) is 3.51. The van der Waals surface area contributed by atoms with Crippen LogP contribution in [0.1, 0.15) is 12.0 Å². The first-order valence-corrected chi connectivity index (χ1v) is 8.44. The van der Waals surface area contributed by atoms with Crippen molar-refractivity contribution in [2.75, 3.05) is 6.54 Å². The summed E-state index contributed by atoms with van der Waals surface area (Å²) < 4.78 is 4.33. The molecule has 0 amide bonds. The van der Waals surface area contributed by atoms with Gasteiger partial charge in [0.15, 0.2) is 0 Å². The Morgan fingerprint density at radius 1 is 1.46 bits per heavy atom. The molecule has 1 aromatic rings. The van der Waals surface area contributed by atoms with Crippen LogP contribution in [0.25, 0.3) is 5.70 Å². The number of terminal acetylenes is 1. The monoisotopic (exact) mass is 335 g/mol. The van der Waals surface area contributed by atoms with Crippen molar-refractivity contribution in [1.29, 1.82) is 0 Å². The second-order valence-electron chi connectivity index (χ2n) is 5.22. The number of benzene rings is 1. The zero-order valence-corrected chi connectivity index (χ0v) is 14.3. The van der Waals surface area contributed by atoms with E-state index in [2.05, 4.69) is 40.4 Å². The van der Waals surface area contributed by atoms with E-state index in [-0.39, 0.29) is 5.92 Å². The van der Waals surface area contributed by atoms with Gasteiger partial charge in [-0.15, -0.1) is 6.42 Å². The molecule has 1 aliphatic carbocycles. The van der Waals surface area contributed by atoms with Crippen molar-refractivity contribution in [1.82, 2.24) is 5.32 Å². The summed E-state index contributed by atoms with van der Waals surface area (Å²) in [5.74, 6) is 2.83. The van der Waals surface area contributed by atoms with Gasteiger partial charge in [0, 0.05) is 40.4 Å². The quantitative estimate of drug-likeness (QED) is 0.451. The molecule has 3 nitrogen and oxygen atoms in total. The van der Waals surface area contributed by atoms with Crippen molar-refractivity contribution in [2.45, 2.75) is 6.42 Å². The molecular weight excluding hydrogens is 314 g/mol. The molecule has 0 aliphatic heterocycles. The minimum absolute atomic E-state index is 0.278. The molecule has 0 fully saturated rings. The second-order valence-corrected chi connectivity index (χ2v) is 6.09. The Bertz CT molecular complexity index is 721. The molecule has 1 atom stereocenters. The maximum Gasteiger partial charge on any atom is 0.0760 e. The summed E-state index contributed by atoms with van der Waals surface area (Å²) in [6.45, 7) is 4.53. The second kappa shape index (κ2) is 9.49. The third-order valence-corrected chi connectivity index (χ3v) is 4.25. The van der Waals surface area contributed by atoms with Gasteiger partial charge in [0.25, 0.3) is 0 Å². The summed E-state index contributed by atoms with van der Waals surface area (Å²) in [5, 5.41) is 3.13. The first kappa shape index (κ1) is 17.7. The summed E-state index contributed by atoms with van der Waals surface area (Å²) in [7, 11) is 0. The fourth-order valence-corrected chi connectivity index (χ4v) is 2.70. The zero-order chi connectivity index (χ0) is 17.2. The fourth-order valence-electron chi connectivity index (χ4n) is 2.15. The maximum atomic E-state index is 6.01. The molecule has 24 heavy (non-hydrogen) atoms. The fraction of sp³-hybridized carbons (Fsp3) is 0.150. The number of nitrogens with one attached hydrogen (secondary N) is 1. The molecule has 2 rings (SSSR count). The largest absolute Gasteiger partial charge is 0.398 e. The van der Waals surface area contributed by atoms with Crippen LogP contribution in [0.3, 0.4) is 0 Å². The van der Waals surface area contributed by atoms with E-state index in [1.807, 2.05) is 36.4 Å². The average Bonchev–Trinajstić information content (AvgIpc) is 2.64. The van der Waals surface area contributed by atoms with E-state index in [0.717, 1.165) is 22.6 Å². The Morgan fingerprint density at radius 3 is 2.92 bits per heavy atom. The number of allylic oxidation sites excluding steroid dienone is 4. The van der Waals surface area contributed by atoms with Crippen LogP contribution in [0, 0.1) is 18.3 Å². The summed E-state index contributed by atoms with van der Waals surface area (Å²) in [6, 6.07) is 9.83. The molecule has 0 heterocycles. The Kier molecular flexibility index (Phi) is 7.00. The van der Waals surface area contributed by atoms with Crippen LogP contribution in [-0.2, 0) is 0 Å². The topological polar surface area (TPSA) is 50.4 Å². The number of hydrogen-bond acceptors (Lipinski definition) is 4. The summed E-state index contributed by atoms with van der Waals surface area (Å²) in [5.41, 5.74) is 8.65. The molecule has 0 saturated carbocycles. The van der Waals surface area contributed by atoms with Crippen LogP contribution in [0.5, 0.6) is 0 Å². The molecule has 4 heteroatoms. The van der Waals surface area contributed by atoms with Crippen molar-refractivity contribution in [2.24, 2.45) is 16.0 Å². The Morgan fingerprint density at radius 2 is 2.25 bits per heavy atom. The maximum absolute atomic E-state index is 6.01. The highest BCUT2D eigenvalue weighted by atomic mass is 32.2. The van der Waals surface area contributed by atoms with Crippen LogP contribution in [0.4, 0.5) is 0 Å². The minimum Gasteiger partial charge on any atom is -0.398 e. The standard InChI is InChI=1S/C20H21N3S/c1-3-14-22-16(2)17-9-11-19(12-10-17)24-23-15-13-20(21)18-7-5-4-6-8-18/h1,4-9,11-13,15,17,22H,2,10,14,21H2. The van der Waals surface area contributed by atoms with Crippen molar-refractivity contribution in [3.05, 3.63) is 77.4 Å². The summed E-state index contributed by atoms with van der Waals surface area (Å²) in [4.78, 5) is 1.11. The lowest BCUT2D eigenvalue weighted by atomic mass is 9.98. The first-order chi connectivity index (χ1) is 11.7. The highest BCUT2D eigenvalue weighted by Gasteiger charge is 2.11. The number of rotatable bonds is 7. The predicted molar refractivity (Wildman–Crippen MR) is 106 cm³/mol. The van der Waals surface area contributed by atoms with E-state index in [9.17, 15) is 0 Å². The highest BCUT2D eigenvalue weighted by Crippen LogP contribution is 2.27. The number of hydrogen-bond donors (Lipinski definition) is 2. The van der Waals surface area contributed by atoms with Crippen molar-refractivity contribution >= 4 is 23.9 Å². The van der Waals surface area contributed by atoms with Gasteiger partial charge in [-0.1, -0.05) is 61.1 Å². The van der Waals surface area contributed by atoms with Gasteiger partial charge in [0.05, 0.1) is 6.54 Å². The van der Waals surface area contributed by atoms with Crippen molar-refractivity contribution in [3.8, 4) is 12.3 Å². The third kappa shape index (κ3) is 5.53. The highest BCUT2D eigenvalue weighted by molar-refractivity contribution is 8.02. The van der Waals surface area contributed by atoms with Crippen LogP contribution in [0.2, 0.25) is 0 Å². The summed E-state index contributed by atoms with van der Waals surface area (Å²) >= 11 is 1.43. The van der Waals surface area contributed by atoms with E-state index >= 15 is 0 Å². The smallest absolute Gasteiger partial charge is 0.0760 e. The molecule has 122 valence electrons. The minimum atomic E-state index is 0.278. The van der Waals surface area contributed by atoms with Crippen LogP contribution < -0.4 is 11.1 Å². The van der Waals surface area contributed by atoms with Gasteiger partial charge in [-0.05, 0) is 18.1 Å². The van der Waals surface area contributed by atoms with Crippen molar-refractivity contribution < 1.29 is 0 Å².